The molecule has 0 spiro atoms. The molecule has 0 bridgehead atoms. The maximum absolute atomic E-state index is 11.5. The van der Waals surface area contributed by atoms with Crippen LogP contribution in [0.4, 0.5) is 0 Å². The molecule has 2 heterocycles. The minimum atomic E-state index is -0.341. The van der Waals surface area contributed by atoms with Gasteiger partial charge < -0.3 is 9.15 Å². The van der Waals surface area contributed by atoms with Gasteiger partial charge in [-0.15, -0.1) is 0 Å². The fraction of sp³-hybridized carbons (Fsp3) is 0.316. The molecular formula is C19H20O3. The Balaban J connectivity index is 1.95. The van der Waals surface area contributed by atoms with Gasteiger partial charge in [0.05, 0.1) is 5.56 Å². The summed E-state index contributed by atoms with van der Waals surface area (Å²) >= 11 is 0. The Labute approximate surface area is 129 Å². The van der Waals surface area contributed by atoms with Crippen molar-refractivity contribution in [1.29, 1.82) is 0 Å². The van der Waals surface area contributed by atoms with Gasteiger partial charge >= 0.3 is 5.63 Å². The van der Waals surface area contributed by atoms with Crippen molar-refractivity contribution in [3.63, 3.8) is 0 Å². The molecule has 22 heavy (non-hydrogen) atoms. The molecule has 0 amide bonds. The van der Waals surface area contributed by atoms with Gasteiger partial charge in [-0.05, 0) is 64.0 Å². The third-order valence-electron chi connectivity index (χ3n) is 3.93. The van der Waals surface area contributed by atoms with Crippen LogP contribution in [-0.4, -0.2) is 5.60 Å². The molecule has 1 aliphatic heterocycles. The zero-order chi connectivity index (χ0) is 15.7. The van der Waals surface area contributed by atoms with Crippen LogP contribution in [0.25, 0.3) is 17.0 Å². The Morgan fingerprint density at radius 1 is 1.23 bits per heavy atom. The summed E-state index contributed by atoms with van der Waals surface area (Å²) in [4.78, 5) is 11.5. The minimum Gasteiger partial charge on any atom is -0.483 e. The second kappa shape index (κ2) is 5.48. The van der Waals surface area contributed by atoms with Crippen molar-refractivity contribution in [3.05, 3.63) is 58.0 Å². The molecule has 0 saturated heterocycles. The van der Waals surface area contributed by atoms with E-state index in [9.17, 15) is 4.79 Å². The van der Waals surface area contributed by atoms with Crippen LogP contribution in [0.5, 0.6) is 5.75 Å². The van der Waals surface area contributed by atoms with Crippen LogP contribution in [0.3, 0.4) is 0 Å². The molecule has 1 aromatic heterocycles. The van der Waals surface area contributed by atoms with E-state index in [1.807, 2.05) is 18.2 Å². The molecule has 0 aliphatic carbocycles. The summed E-state index contributed by atoms with van der Waals surface area (Å²) < 4.78 is 11.5. The van der Waals surface area contributed by atoms with Gasteiger partial charge in [0.1, 0.15) is 16.9 Å². The molecular weight excluding hydrogens is 276 g/mol. The molecule has 1 aliphatic rings. The van der Waals surface area contributed by atoms with Crippen LogP contribution < -0.4 is 10.4 Å². The highest BCUT2D eigenvalue weighted by Gasteiger charge is 2.27. The third kappa shape index (κ3) is 2.84. The van der Waals surface area contributed by atoms with Gasteiger partial charge in [-0.1, -0.05) is 11.6 Å². The maximum Gasteiger partial charge on any atom is 0.336 e. The van der Waals surface area contributed by atoms with Gasteiger partial charge in [-0.2, -0.15) is 0 Å². The fourth-order valence-electron chi connectivity index (χ4n) is 2.71. The maximum atomic E-state index is 11.5. The van der Waals surface area contributed by atoms with E-state index in [4.69, 9.17) is 9.15 Å². The van der Waals surface area contributed by atoms with Crippen LogP contribution in [0.1, 0.15) is 39.2 Å². The molecule has 3 heteroatoms. The Hall–Kier alpha value is -2.29. The molecule has 114 valence electrons. The van der Waals surface area contributed by atoms with Crippen molar-refractivity contribution in [2.24, 2.45) is 0 Å². The smallest absolute Gasteiger partial charge is 0.336 e. The van der Waals surface area contributed by atoms with Crippen molar-refractivity contribution >= 4 is 17.0 Å². The average Bonchev–Trinajstić information content (AvgIpc) is 2.46. The van der Waals surface area contributed by atoms with E-state index in [1.165, 1.54) is 11.6 Å². The minimum absolute atomic E-state index is 0.332. The van der Waals surface area contributed by atoms with Crippen LogP contribution in [0, 0.1) is 0 Å². The number of hydrogen-bond donors (Lipinski definition) is 0. The Morgan fingerprint density at radius 3 is 2.77 bits per heavy atom. The molecule has 0 N–H and O–H groups in total. The Bertz CT molecular complexity index is 822. The van der Waals surface area contributed by atoms with E-state index in [-0.39, 0.29) is 11.2 Å². The normalized spacial score (nSPS) is 19.6. The molecule has 1 aromatic carbocycles. The summed E-state index contributed by atoms with van der Waals surface area (Å²) in [6.07, 6.45) is 8.16. The summed E-state index contributed by atoms with van der Waals surface area (Å²) in [5.41, 5.74) is 2.08. The molecule has 0 unspecified atom stereocenters. The van der Waals surface area contributed by atoms with Crippen LogP contribution >= 0.6 is 0 Å². The highest BCUT2D eigenvalue weighted by Crippen LogP contribution is 2.37. The predicted molar refractivity (Wildman–Crippen MR) is 89.2 cm³/mol. The van der Waals surface area contributed by atoms with Gasteiger partial charge in [-0.25, -0.2) is 4.79 Å². The Morgan fingerprint density at radius 2 is 2.00 bits per heavy atom. The summed E-state index contributed by atoms with van der Waals surface area (Å²) in [6, 6.07) is 7.08. The number of ether oxygens (including phenoxy) is 1. The molecule has 2 aromatic rings. The van der Waals surface area contributed by atoms with Crippen LogP contribution in [0.15, 0.2) is 51.2 Å². The van der Waals surface area contributed by atoms with Crippen molar-refractivity contribution in [1.82, 2.24) is 0 Å². The number of fused-ring (bicyclic) bond motifs is 3. The van der Waals surface area contributed by atoms with Crippen molar-refractivity contribution in [2.45, 2.75) is 39.2 Å². The Kier molecular flexibility index (Phi) is 3.65. The standard InChI is InChI=1S/C19H20O3/c1-13(2)5-4-11-19(3)12-10-15-16(22-19)8-6-14-7-9-17(20)21-18(14)15/h5-10,12H,4,11H2,1-3H3/t19-/m0/s1. The van der Waals surface area contributed by atoms with Gasteiger partial charge in [0.2, 0.25) is 0 Å². The number of hydrogen-bond acceptors (Lipinski definition) is 3. The first-order valence-electron chi connectivity index (χ1n) is 7.55. The first-order chi connectivity index (χ1) is 10.5. The molecule has 3 nitrogen and oxygen atoms in total. The summed E-state index contributed by atoms with van der Waals surface area (Å²) in [5, 5.41) is 0.903. The monoisotopic (exact) mass is 296 g/mol. The largest absolute Gasteiger partial charge is 0.483 e. The predicted octanol–water partition coefficient (Wildman–Crippen LogP) is 4.70. The van der Waals surface area contributed by atoms with E-state index in [0.29, 0.717) is 5.58 Å². The number of benzene rings is 1. The SMILES string of the molecule is CC(C)=CCC[C@@]1(C)C=Cc2c(ccc3ccc(=O)oc23)O1. The first kappa shape index (κ1) is 14.6. The zero-order valence-corrected chi connectivity index (χ0v) is 13.2. The lowest BCUT2D eigenvalue weighted by atomic mass is 9.94. The molecule has 0 fully saturated rings. The van der Waals surface area contributed by atoms with Crippen molar-refractivity contribution < 1.29 is 9.15 Å². The van der Waals surface area contributed by atoms with E-state index in [0.717, 1.165) is 29.5 Å². The third-order valence-corrected chi connectivity index (χ3v) is 3.93. The fourth-order valence-corrected chi connectivity index (χ4v) is 2.71. The summed E-state index contributed by atoms with van der Waals surface area (Å²) in [7, 11) is 0. The average molecular weight is 296 g/mol. The highest BCUT2D eigenvalue weighted by molar-refractivity contribution is 5.89. The molecule has 0 radical (unpaired) electrons. The lowest BCUT2D eigenvalue weighted by molar-refractivity contribution is 0.129. The number of rotatable bonds is 3. The first-order valence-corrected chi connectivity index (χ1v) is 7.55. The van der Waals surface area contributed by atoms with E-state index < -0.39 is 0 Å². The van der Waals surface area contributed by atoms with Gasteiger partial charge in [-0.3, -0.25) is 0 Å². The zero-order valence-electron chi connectivity index (χ0n) is 13.2. The van der Waals surface area contributed by atoms with Crippen molar-refractivity contribution in [3.8, 4) is 5.75 Å². The lowest BCUT2D eigenvalue weighted by Crippen LogP contribution is -2.31. The van der Waals surface area contributed by atoms with E-state index in [2.05, 4.69) is 32.9 Å². The van der Waals surface area contributed by atoms with Crippen molar-refractivity contribution in [2.75, 3.05) is 0 Å². The van der Waals surface area contributed by atoms with Crippen LogP contribution in [-0.2, 0) is 0 Å². The van der Waals surface area contributed by atoms with E-state index >= 15 is 0 Å². The van der Waals surface area contributed by atoms with Crippen LogP contribution in [0.2, 0.25) is 0 Å². The number of allylic oxidation sites excluding steroid dienone is 2. The quantitative estimate of drug-likeness (QED) is 0.608. The summed E-state index contributed by atoms with van der Waals surface area (Å²) in [5.74, 6) is 0.768. The second-order valence-electron chi connectivity index (χ2n) is 6.22. The van der Waals surface area contributed by atoms with Gasteiger partial charge in [0.15, 0.2) is 0 Å². The second-order valence-corrected chi connectivity index (χ2v) is 6.22. The molecule has 3 rings (SSSR count). The van der Waals surface area contributed by atoms with E-state index in [1.54, 1.807) is 6.07 Å². The van der Waals surface area contributed by atoms with Gasteiger partial charge in [0, 0.05) is 11.5 Å². The molecule has 0 saturated carbocycles. The topological polar surface area (TPSA) is 39.4 Å². The summed E-state index contributed by atoms with van der Waals surface area (Å²) in [6.45, 7) is 6.28. The lowest BCUT2D eigenvalue weighted by Gasteiger charge is -2.31. The van der Waals surface area contributed by atoms with Gasteiger partial charge in [0.25, 0.3) is 0 Å². The molecule has 1 atom stereocenters. The highest BCUT2D eigenvalue weighted by atomic mass is 16.5.